The van der Waals surface area contributed by atoms with E-state index in [-0.39, 0.29) is 18.9 Å². The zero-order valence-corrected chi connectivity index (χ0v) is 18.5. The van der Waals surface area contributed by atoms with E-state index < -0.39 is 18.0 Å². The van der Waals surface area contributed by atoms with Crippen molar-refractivity contribution in [1.29, 1.82) is 0 Å². The number of nitrogens with zero attached hydrogens (tertiary/aromatic N) is 2. The minimum Gasteiger partial charge on any atom is -0.497 e. The number of hydrogen-bond acceptors (Lipinski definition) is 4. The van der Waals surface area contributed by atoms with Gasteiger partial charge in [-0.05, 0) is 54.4 Å². The summed E-state index contributed by atoms with van der Waals surface area (Å²) in [7, 11) is 1.57. The summed E-state index contributed by atoms with van der Waals surface area (Å²) in [6.07, 6.45) is -0.147. The molecule has 4 amide bonds. The molecule has 0 aliphatic carbocycles. The van der Waals surface area contributed by atoms with Crippen molar-refractivity contribution < 1.29 is 19.1 Å². The molecule has 168 valence electrons. The molecular formula is C26H25N3O4. The van der Waals surface area contributed by atoms with Crippen molar-refractivity contribution in [2.75, 3.05) is 17.3 Å². The monoisotopic (exact) mass is 443 g/mol. The van der Waals surface area contributed by atoms with Crippen LogP contribution in [0.2, 0.25) is 0 Å². The van der Waals surface area contributed by atoms with Gasteiger partial charge in [-0.15, -0.1) is 0 Å². The molecule has 4 rings (SSSR count). The summed E-state index contributed by atoms with van der Waals surface area (Å²) < 4.78 is 5.28. The molecule has 1 unspecified atom stereocenters. The first kappa shape index (κ1) is 22.1. The van der Waals surface area contributed by atoms with Crippen LogP contribution in [0.15, 0.2) is 78.9 Å². The van der Waals surface area contributed by atoms with Gasteiger partial charge in [0.25, 0.3) is 5.91 Å². The number of amides is 4. The average molecular weight is 444 g/mol. The zero-order valence-electron chi connectivity index (χ0n) is 18.5. The molecule has 0 bridgehead atoms. The molecule has 3 aromatic rings. The molecule has 7 heteroatoms. The highest BCUT2D eigenvalue weighted by molar-refractivity contribution is 6.22. The van der Waals surface area contributed by atoms with Crippen LogP contribution in [0.5, 0.6) is 5.75 Å². The maximum atomic E-state index is 13.4. The van der Waals surface area contributed by atoms with Crippen molar-refractivity contribution in [1.82, 2.24) is 4.90 Å². The first-order valence-electron chi connectivity index (χ1n) is 10.7. The van der Waals surface area contributed by atoms with E-state index in [1.54, 1.807) is 37.4 Å². The first-order valence-corrected chi connectivity index (χ1v) is 10.7. The Morgan fingerprint density at radius 3 is 2.45 bits per heavy atom. The lowest BCUT2D eigenvalue weighted by atomic mass is 10.1. The predicted octanol–water partition coefficient (Wildman–Crippen LogP) is 4.37. The number of methoxy groups -OCH3 is 1. The van der Waals surface area contributed by atoms with Crippen LogP contribution in [0, 0.1) is 6.92 Å². The second kappa shape index (κ2) is 9.56. The summed E-state index contributed by atoms with van der Waals surface area (Å²) in [5.74, 6) is -0.106. The van der Waals surface area contributed by atoms with Gasteiger partial charge in [0.15, 0.2) is 0 Å². The van der Waals surface area contributed by atoms with E-state index in [1.165, 1.54) is 4.90 Å². The lowest BCUT2D eigenvalue weighted by Crippen LogP contribution is -2.37. The van der Waals surface area contributed by atoms with Gasteiger partial charge in [-0.3, -0.25) is 9.59 Å². The fourth-order valence-corrected chi connectivity index (χ4v) is 3.90. The predicted molar refractivity (Wildman–Crippen MR) is 126 cm³/mol. The van der Waals surface area contributed by atoms with Crippen molar-refractivity contribution >= 4 is 29.2 Å². The van der Waals surface area contributed by atoms with Crippen LogP contribution >= 0.6 is 0 Å². The number of carbonyl (C=O) groups excluding carboxylic acids is 3. The summed E-state index contributed by atoms with van der Waals surface area (Å²) in [6.45, 7) is 2.07. The van der Waals surface area contributed by atoms with E-state index in [4.69, 9.17) is 4.74 Å². The Hall–Kier alpha value is -4.13. The molecule has 33 heavy (non-hydrogen) atoms. The Bertz CT molecular complexity index is 1180. The SMILES string of the molecule is COc1cccc(CN2C(=O)N(c3cccc(C)c3)C(=O)C2CC(=O)Nc2ccccc2)c1. The number of aryl methyl sites for hydroxylation is 1. The normalized spacial score (nSPS) is 15.6. The van der Waals surface area contributed by atoms with Crippen molar-refractivity contribution in [3.63, 3.8) is 0 Å². The lowest BCUT2D eigenvalue weighted by Gasteiger charge is -2.22. The van der Waals surface area contributed by atoms with E-state index in [2.05, 4.69) is 5.32 Å². The summed E-state index contributed by atoms with van der Waals surface area (Å²) in [5, 5.41) is 2.80. The van der Waals surface area contributed by atoms with Crippen LogP contribution < -0.4 is 15.0 Å². The maximum Gasteiger partial charge on any atom is 0.332 e. The fraction of sp³-hybridized carbons (Fsp3) is 0.192. The Morgan fingerprint density at radius 2 is 1.73 bits per heavy atom. The van der Waals surface area contributed by atoms with Crippen LogP contribution in [0.4, 0.5) is 16.2 Å². The van der Waals surface area contributed by atoms with Gasteiger partial charge in [-0.1, -0.05) is 42.5 Å². The standard InChI is InChI=1S/C26H25N3O4/c1-18-8-6-12-21(14-18)29-25(31)23(16-24(30)27-20-10-4-3-5-11-20)28(26(29)32)17-19-9-7-13-22(15-19)33-2/h3-15,23H,16-17H2,1-2H3,(H,27,30). The zero-order chi connectivity index (χ0) is 23.4. The quantitative estimate of drug-likeness (QED) is 0.550. The van der Waals surface area contributed by atoms with Crippen LogP contribution in [0.1, 0.15) is 17.5 Å². The number of para-hydroxylation sites is 1. The summed E-state index contributed by atoms with van der Waals surface area (Å²) in [6, 6.07) is 22.2. The third kappa shape index (κ3) is 4.87. The number of nitrogens with one attached hydrogen (secondary N) is 1. The molecule has 0 aromatic heterocycles. The third-order valence-electron chi connectivity index (χ3n) is 5.50. The molecule has 1 heterocycles. The van der Waals surface area contributed by atoms with Crippen molar-refractivity contribution in [2.45, 2.75) is 25.9 Å². The fourth-order valence-electron chi connectivity index (χ4n) is 3.90. The molecule has 1 N–H and O–H groups in total. The maximum absolute atomic E-state index is 13.4. The number of rotatable bonds is 7. The second-order valence-corrected chi connectivity index (χ2v) is 7.91. The minimum atomic E-state index is -0.923. The Labute approximate surface area is 192 Å². The average Bonchev–Trinajstić information content (AvgIpc) is 3.03. The molecule has 1 aliphatic heterocycles. The van der Waals surface area contributed by atoms with E-state index in [9.17, 15) is 14.4 Å². The number of ether oxygens (including phenoxy) is 1. The highest BCUT2D eigenvalue weighted by atomic mass is 16.5. The van der Waals surface area contributed by atoms with E-state index in [0.29, 0.717) is 17.1 Å². The lowest BCUT2D eigenvalue weighted by molar-refractivity contribution is -0.124. The Balaban J connectivity index is 1.62. The third-order valence-corrected chi connectivity index (χ3v) is 5.50. The van der Waals surface area contributed by atoms with Crippen LogP contribution in [0.3, 0.4) is 0 Å². The molecule has 7 nitrogen and oxygen atoms in total. The van der Waals surface area contributed by atoms with Gasteiger partial charge in [-0.25, -0.2) is 9.69 Å². The van der Waals surface area contributed by atoms with Gasteiger partial charge in [-0.2, -0.15) is 0 Å². The largest absolute Gasteiger partial charge is 0.497 e. The highest BCUT2D eigenvalue weighted by Gasteiger charge is 2.46. The number of hydrogen-bond donors (Lipinski definition) is 1. The molecule has 0 spiro atoms. The first-order chi connectivity index (χ1) is 16.0. The molecule has 0 saturated carbocycles. The molecule has 3 aromatic carbocycles. The van der Waals surface area contributed by atoms with Gasteiger partial charge < -0.3 is 15.0 Å². The number of anilines is 2. The smallest absolute Gasteiger partial charge is 0.332 e. The van der Waals surface area contributed by atoms with E-state index in [1.807, 2.05) is 55.5 Å². The highest BCUT2D eigenvalue weighted by Crippen LogP contribution is 2.29. The second-order valence-electron chi connectivity index (χ2n) is 7.91. The topological polar surface area (TPSA) is 79.0 Å². The van der Waals surface area contributed by atoms with E-state index in [0.717, 1.165) is 16.0 Å². The van der Waals surface area contributed by atoms with E-state index >= 15 is 0 Å². The Kier molecular flexibility index (Phi) is 6.40. The molecular weight excluding hydrogens is 418 g/mol. The molecule has 0 radical (unpaired) electrons. The van der Waals surface area contributed by atoms with Gasteiger partial charge >= 0.3 is 6.03 Å². The minimum absolute atomic E-state index is 0.147. The van der Waals surface area contributed by atoms with Crippen LogP contribution in [-0.2, 0) is 16.1 Å². The van der Waals surface area contributed by atoms with Crippen molar-refractivity contribution in [2.24, 2.45) is 0 Å². The van der Waals surface area contributed by atoms with Gasteiger partial charge in [0, 0.05) is 12.2 Å². The molecule has 1 atom stereocenters. The number of urea groups is 1. The van der Waals surface area contributed by atoms with Crippen molar-refractivity contribution in [3.8, 4) is 5.75 Å². The molecule has 1 aliphatic rings. The number of carbonyl (C=O) groups is 3. The van der Waals surface area contributed by atoms with Gasteiger partial charge in [0.1, 0.15) is 11.8 Å². The van der Waals surface area contributed by atoms with Crippen molar-refractivity contribution in [3.05, 3.63) is 90.0 Å². The number of benzene rings is 3. The van der Waals surface area contributed by atoms with Crippen LogP contribution in [-0.4, -0.2) is 35.9 Å². The summed E-state index contributed by atoms with van der Waals surface area (Å²) >= 11 is 0. The molecule has 1 saturated heterocycles. The summed E-state index contributed by atoms with van der Waals surface area (Å²) in [5.41, 5.74) is 2.86. The summed E-state index contributed by atoms with van der Waals surface area (Å²) in [4.78, 5) is 42.2. The van der Waals surface area contributed by atoms with Gasteiger partial charge in [0.05, 0.1) is 19.2 Å². The number of imide groups is 1. The molecule has 1 fully saturated rings. The Morgan fingerprint density at radius 1 is 0.970 bits per heavy atom. The van der Waals surface area contributed by atoms with Crippen LogP contribution in [0.25, 0.3) is 0 Å². The van der Waals surface area contributed by atoms with Gasteiger partial charge in [0.2, 0.25) is 5.91 Å².